The topological polar surface area (TPSA) is 64.0 Å². The van der Waals surface area contributed by atoms with E-state index >= 15 is 0 Å². The van der Waals surface area contributed by atoms with Gasteiger partial charge in [0.05, 0.1) is 16.4 Å². The Morgan fingerprint density at radius 1 is 1.04 bits per heavy atom. The highest BCUT2D eigenvalue weighted by molar-refractivity contribution is 7.92. The van der Waals surface area contributed by atoms with Crippen molar-refractivity contribution in [2.45, 2.75) is 30.7 Å². The van der Waals surface area contributed by atoms with E-state index in [1.54, 1.807) is 30.3 Å². The Hall–Kier alpha value is -2.31. The zero-order chi connectivity index (χ0) is 18.1. The number of hydrogen-bond acceptors (Lipinski definition) is 3. The summed E-state index contributed by atoms with van der Waals surface area (Å²) in [6.45, 7) is 0.954. The molecule has 1 N–H and O–H groups in total. The second-order valence-electron chi connectivity index (χ2n) is 6.27. The number of sulfonamides is 1. The molecule has 0 amide bonds. The average molecular weight is 388 g/mol. The summed E-state index contributed by atoms with van der Waals surface area (Å²) in [5, 5.41) is 0.190. The molecule has 0 saturated carbocycles. The molecule has 4 rings (SSSR count). The molecule has 0 fully saturated rings. The van der Waals surface area contributed by atoms with Gasteiger partial charge in [0.2, 0.25) is 0 Å². The fraction of sp³-hybridized carbons (Fsp3) is 0.211. The van der Waals surface area contributed by atoms with E-state index in [0.29, 0.717) is 5.69 Å². The number of benzene rings is 2. The lowest BCUT2D eigenvalue weighted by Gasteiger charge is -2.12. The first-order valence-corrected chi connectivity index (χ1v) is 10.3. The molecule has 0 atom stereocenters. The van der Waals surface area contributed by atoms with Gasteiger partial charge in [0.1, 0.15) is 10.7 Å². The van der Waals surface area contributed by atoms with Gasteiger partial charge in [-0.3, -0.25) is 4.72 Å². The van der Waals surface area contributed by atoms with Gasteiger partial charge >= 0.3 is 0 Å². The molecule has 0 aliphatic carbocycles. The maximum atomic E-state index is 12.8. The van der Waals surface area contributed by atoms with Crippen LogP contribution in [0.4, 0.5) is 5.69 Å². The first-order chi connectivity index (χ1) is 12.5. The van der Waals surface area contributed by atoms with Crippen LogP contribution in [-0.4, -0.2) is 18.0 Å². The number of imidazole rings is 1. The summed E-state index contributed by atoms with van der Waals surface area (Å²) in [5.74, 6) is 1.05. The van der Waals surface area contributed by atoms with Crippen molar-refractivity contribution in [1.82, 2.24) is 9.55 Å². The Bertz CT molecular complexity index is 1040. The van der Waals surface area contributed by atoms with E-state index in [1.165, 1.54) is 6.07 Å². The molecule has 0 spiro atoms. The van der Waals surface area contributed by atoms with E-state index in [4.69, 9.17) is 16.6 Å². The quantitative estimate of drug-likeness (QED) is 0.724. The first kappa shape index (κ1) is 17.1. The maximum absolute atomic E-state index is 12.8. The lowest BCUT2D eigenvalue weighted by Crippen LogP contribution is -2.14. The van der Waals surface area contributed by atoms with Crippen molar-refractivity contribution in [1.29, 1.82) is 0 Å². The number of aryl methyl sites for hydroxylation is 2. The predicted molar refractivity (Wildman–Crippen MR) is 103 cm³/mol. The summed E-state index contributed by atoms with van der Waals surface area (Å²) >= 11 is 6.07. The first-order valence-electron chi connectivity index (χ1n) is 8.47. The highest BCUT2D eigenvalue weighted by atomic mass is 35.5. The number of halogens is 1. The number of nitrogens with one attached hydrogen (secondary N) is 1. The molecule has 3 aromatic rings. The van der Waals surface area contributed by atoms with Crippen LogP contribution in [0.2, 0.25) is 5.02 Å². The van der Waals surface area contributed by atoms with Crippen LogP contribution < -0.4 is 4.72 Å². The smallest absolute Gasteiger partial charge is 0.263 e. The molecule has 1 aliphatic rings. The summed E-state index contributed by atoms with van der Waals surface area (Å²) in [5.41, 5.74) is 2.02. The Morgan fingerprint density at radius 3 is 2.62 bits per heavy atom. The van der Waals surface area contributed by atoms with Crippen molar-refractivity contribution < 1.29 is 8.42 Å². The number of nitrogens with zero attached hydrogens (tertiary/aromatic N) is 2. The number of aromatic nitrogens is 2. The van der Waals surface area contributed by atoms with Crippen molar-refractivity contribution >= 4 is 27.3 Å². The number of anilines is 1. The summed E-state index contributed by atoms with van der Waals surface area (Å²) in [6.07, 6.45) is 5.23. The minimum absolute atomic E-state index is 0.0561. The molecule has 0 unspecified atom stereocenters. The molecular weight excluding hydrogens is 370 g/mol. The summed E-state index contributed by atoms with van der Waals surface area (Å²) in [4.78, 5) is 4.76. The second kappa shape index (κ2) is 6.78. The SMILES string of the molecule is O=S(=O)(Nc1ccccc1-c1cn2c(n1)CCCC2)c1ccccc1Cl. The lowest BCUT2D eigenvalue weighted by atomic mass is 10.1. The maximum Gasteiger partial charge on any atom is 0.263 e. The minimum atomic E-state index is -3.79. The van der Waals surface area contributed by atoms with E-state index in [-0.39, 0.29) is 9.92 Å². The van der Waals surface area contributed by atoms with Crippen molar-refractivity contribution in [3.8, 4) is 11.3 Å². The molecule has 2 heterocycles. The molecule has 0 radical (unpaired) electrons. The lowest BCUT2D eigenvalue weighted by molar-refractivity contribution is 0.522. The van der Waals surface area contributed by atoms with Crippen LogP contribution >= 0.6 is 11.6 Å². The van der Waals surface area contributed by atoms with Crippen LogP contribution in [0.5, 0.6) is 0 Å². The third-order valence-electron chi connectivity index (χ3n) is 4.48. The van der Waals surface area contributed by atoms with Gasteiger partial charge in [-0.05, 0) is 31.0 Å². The average Bonchev–Trinajstić information content (AvgIpc) is 3.06. The van der Waals surface area contributed by atoms with Crippen LogP contribution in [0.3, 0.4) is 0 Å². The van der Waals surface area contributed by atoms with Gasteiger partial charge in [-0.1, -0.05) is 41.9 Å². The highest BCUT2D eigenvalue weighted by Crippen LogP contribution is 2.31. The highest BCUT2D eigenvalue weighted by Gasteiger charge is 2.21. The Labute approximate surface area is 157 Å². The number of hydrogen-bond donors (Lipinski definition) is 1. The summed E-state index contributed by atoms with van der Waals surface area (Å²) in [7, 11) is -3.79. The molecule has 2 aromatic carbocycles. The molecule has 134 valence electrons. The van der Waals surface area contributed by atoms with Crippen molar-refractivity contribution in [3.05, 3.63) is 65.6 Å². The molecule has 7 heteroatoms. The summed E-state index contributed by atoms with van der Waals surface area (Å²) in [6, 6.07) is 13.7. The van der Waals surface area contributed by atoms with Crippen molar-refractivity contribution in [2.75, 3.05) is 4.72 Å². The monoisotopic (exact) mass is 387 g/mol. The summed E-state index contributed by atoms with van der Waals surface area (Å²) < 4.78 is 30.4. The molecule has 5 nitrogen and oxygen atoms in total. The van der Waals surface area contributed by atoms with Gasteiger partial charge in [-0.2, -0.15) is 0 Å². The largest absolute Gasteiger partial charge is 0.334 e. The van der Waals surface area contributed by atoms with Gasteiger partial charge in [-0.25, -0.2) is 13.4 Å². The predicted octanol–water partition coefficient (Wildman–Crippen LogP) is 4.34. The van der Waals surface area contributed by atoms with Crippen LogP contribution in [0.25, 0.3) is 11.3 Å². The second-order valence-corrected chi connectivity index (χ2v) is 8.33. The van der Waals surface area contributed by atoms with E-state index in [0.717, 1.165) is 42.9 Å². The van der Waals surface area contributed by atoms with Crippen molar-refractivity contribution in [2.24, 2.45) is 0 Å². The van der Waals surface area contributed by atoms with Gasteiger partial charge in [0, 0.05) is 24.7 Å². The molecule has 1 aromatic heterocycles. The molecular formula is C19H18ClN3O2S. The van der Waals surface area contributed by atoms with Crippen LogP contribution in [0.15, 0.2) is 59.6 Å². The van der Waals surface area contributed by atoms with Gasteiger partial charge < -0.3 is 4.57 Å². The van der Waals surface area contributed by atoms with Crippen LogP contribution in [0, 0.1) is 0 Å². The van der Waals surface area contributed by atoms with Crippen LogP contribution in [-0.2, 0) is 23.0 Å². The van der Waals surface area contributed by atoms with Crippen LogP contribution in [0.1, 0.15) is 18.7 Å². The van der Waals surface area contributed by atoms with E-state index < -0.39 is 10.0 Å². The van der Waals surface area contributed by atoms with E-state index in [2.05, 4.69) is 9.29 Å². The number of para-hydroxylation sites is 1. The molecule has 0 saturated heterocycles. The van der Waals surface area contributed by atoms with Crippen molar-refractivity contribution in [3.63, 3.8) is 0 Å². The molecule has 0 bridgehead atoms. The number of rotatable bonds is 4. The standard InChI is InChI=1S/C19H18ClN3O2S/c20-15-8-2-4-10-18(15)26(24,25)22-16-9-3-1-7-14(16)17-13-23-12-6-5-11-19(23)21-17/h1-4,7-10,13,22H,5-6,11-12H2. The van der Waals surface area contributed by atoms with E-state index in [9.17, 15) is 8.42 Å². The fourth-order valence-corrected chi connectivity index (χ4v) is 4.80. The Morgan fingerprint density at radius 2 is 1.81 bits per heavy atom. The third-order valence-corrected chi connectivity index (χ3v) is 6.35. The molecule has 26 heavy (non-hydrogen) atoms. The number of fused-ring (bicyclic) bond motifs is 1. The Balaban J connectivity index is 1.73. The third kappa shape index (κ3) is 3.22. The van der Waals surface area contributed by atoms with Gasteiger partial charge in [0.25, 0.3) is 10.0 Å². The minimum Gasteiger partial charge on any atom is -0.334 e. The van der Waals surface area contributed by atoms with Gasteiger partial charge in [0.15, 0.2) is 0 Å². The van der Waals surface area contributed by atoms with Gasteiger partial charge in [-0.15, -0.1) is 0 Å². The normalized spacial score (nSPS) is 14.0. The zero-order valence-corrected chi connectivity index (χ0v) is 15.6. The zero-order valence-electron chi connectivity index (χ0n) is 14.0. The van der Waals surface area contributed by atoms with E-state index in [1.807, 2.05) is 18.3 Å². The fourth-order valence-electron chi connectivity index (χ4n) is 3.20. The molecule has 1 aliphatic heterocycles. The Kier molecular flexibility index (Phi) is 4.46.